The first-order valence-corrected chi connectivity index (χ1v) is 4.46. The summed E-state index contributed by atoms with van der Waals surface area (Å²) in [7, 11) is 0. The van der Waals surface area contributed by atoms with Crippen molar-refractivity contribution in [2.75, 3.05) is 12.3 Å². The van der Waals surface area contributed by atoms with Gasteiger partial charge in [-0.25, -0.2) is 4.79 Å². The van der Waals surface area contributed by atoms with Crippen LogP contribution in [0, 0.1) is 0 Å². The summed E-state index contributed by atoms with van der Waals surface area (Å²) in [6, 6.07) is 1.32. The molecule has 0 spiro atoms. The molecule has 0 amide bonds. The summed E-state index contributed by atoms with van der Waals surface area (Å²) < 4.78 is 5.21. The van der Waals surface area contributed by atoms with E-state index in [2.05, 4.69) is 0 Å². The molecule has 1 aliphatic heterocycles. The van der Waals surface area contributed by atoms with Crippen LogP contribution in [0.5, 0.6) is 5.75 Å². The SMILES string of the molecule is Cl.Nc1c(Cl)cc(C(=O)O)c2c1CCO2. The summed E-state index contributed by atoms with van der Waals surface area (Å²) >= 11 is 5.80. The second-order valence-electron chi connectivity index (χ2n) is 3.03. The van der Waals surface area contributed by atoms with Crippen LogP contribution >= 0.6 is 24.0 Å². The number of carbonyl (C=O) groups is 1. The smallest absolute Gasteiger partial charge is 0.339 e. The zero-order chi connectivity index (χ0) is 10.3. The van der Waals surface area contributed by atoms with E-state index < -0.39 is 5.97 Å². The lowest BCUT2D eigenvalue weighted by Gasteiger charge is -2.07. The predicted octanol–water partition coefficient (Wildman–Crippen LogP) is 1.98. The number of anilines is 1. The fraction of sp³-hybridized carbons (Fsp3) is 0.222. The van der Waals surface area contributed by atoms with Gasteiger partial charge in [-0.2, -0.15) is 0 Å². The Bertz CT molecular complexity index is 420. The molecule has 0 saturated carbocycles. The third-order valence-electron chi connectivity index (χ3n) is 2.20. The molecular formula is C9H9Cl2NO3. The van der Waals surface area contributed by atoms with Crippen molar-refractivity contribution in [1.29, 1.82) is 0 Å². The number of aromatic carboxylic acids is 1. The standard InChI is InChI=1S/C9H8ClNO3.ClH/c10-6-3-5(9(12)13)8-4(7(6)11)1-2-14-8;/h3H,1-2,11H2,(H,12,13);1H. The van der Waals surface area contributed by atoms with Gasteiger partial charge in [-0.05, 0) is 6.07 Å². The minimum absolute atomic E-state index is 0. The molecule has 2 rings (SSSR count). The second-order valence-corrected chi connectivity index (χ2v) is 3.44. The van der Waals surface area contributed by atoms with Gasteiger partial charge in [0.1, 0.15) is 11.3 Å². The molecule has 1 aromatic rings. The number of nitrogens with two attached hydrogens (primary N) is 1. The Morgan fingerprint density at radius 1 is 1.60 bits per heavy atom. The minimum Gasteiger partial charge on any atom is -0.492 e. The maximum atomic E-state index is 10.8. The van der Waals surface area contributed by atoms with Gasteiger partial charge in [-0.15, -0.1) is 12.4 Å². The molecule has 1 aliphatic rings. The van der Waals surface area contributed by atoms with Gasteiger partial charge in [-0.1, -0.05) is 11.6 Å². The van der Waals surface area contributed by atoms with E-state index in [4.69, 9.17) is 27.2 Å². The molecule has 6 heteroatoms. The van der Waals surface area contributed by atoms with Crippen molar-refractivity contribution >= 4 is 35.7 Å². The van der Waals surface area contributed by atoms with Crippen molar-refractivity contribution in [3.05, 3.63) is 22.2 Å². The van der Waals surface area contributed by atoms with Gasteiger partial charge in [0.05, 0.1) is 17.3 Å². The Labute approximate surface area is 97.4 Å². The van der Waals surface area contributed by atoms with Crippen molar-refractivity contribution in [3.8, 4) is 5.75 Å². The Morgan fingerprint density at radius 3 is 2.87 bits per heavy atom. The summed E-state index contributed by atoms with van der Waals surface area (Å²) in [4.78, 5) is 10.8. The fourth-order valence-electron chi connectivity index (χ4n) is 1.53. The van der Waals surface area contributed by atoms with E-state index in [1.165, 1.54) is 6.07 Å². The zero-order valence-corrected chi connectivity index (χ0v) is 9.19. The number of hydrogen-bond acceptors (Lipinski definition) is 3. The summed E-state index contributed by atoms with van der Waals surface area (Å²) in [5.41, 5.74) is 6.90. The number of nitrogen functional groups attached to an aromatic ring is 1. The van der Waals surface area contributed by atoms with Crippen LogP contribution in [0.4, 0.5) is 5.69 Å². The molecule has 0 saturated heterocycles. The topological polar surface area (TPSA) is 72.6 Å². The van der Waals surface area contributed by atoms with Crippen LogP contribution in [0.1, 0.15) is 15.9 Å². The predicted molar refractivity (Wildman–Crippen MR) is 59.3 cm³/mol. The lowest BCUT2D eigenvalue weighted by Crippen LogP contribution is -2.02. The van der Waals surface area contributed by atoms with Gasteiger partial charge in [0.2, 0.25) is 0 Å². The number of ether oxygens (including phenoxy) is 1. The van der Waals surface area contributed by atoms with Crippen molar-refractivity contribution in [3.63, 3.8) is 0 Å². The largest absolute Gasteiger partial charge is 0.492 e. The van der Waals surface area contributed by atoms with Gasteiger partial charge in [-0.3, -0.25) is 0 Å². The van der Waals surface area contributed by atoms with E-state index in [0.29, 0.717) is 30.0 Å². The molecule has 0 aromatic heterocycles. The third-order valence-corrected chi connectivity index (χ3v) is 2.51. The molecule has 0 radical (unpaired) electrons. The first-order valence-electron chi connectivity index (χ1n) is 4.08. The van der Waals surface area contributed by atoms with Crippen LogP contribution < -0.4 is 10.5 Å². The van der Waals surface area contributed by atoms with E-state index in [0.717, 1.165) is 0 Å². The second kappa shape index (κ2) is 4.16. The van der Waals surface area contributed by atoms with Gasteiger partial charge >= 0.3 is 5.97 Å². The number of halogens is 2. The van der Waals surface area contributed by atoms with E-state index in [1.54, 1.807) is 0 Å². The normalized spacial score (nSPS) is 12.6. The molecule has 1 heterocycles. The van der Waals surface area contributed by atoms with Crippen molar-refractivity contribution in [1.82, 2.24) is 0 Å². The van der Waals surface area contributed by atoms with Crippen LogP contribution in [0.3, 0.4) is 0 Å². The highest BCUT2D eigenvalue weighted by Gasteiger charge is 2.24. The zero-order valence-electron chi connectivity index (χ0n) is 7.62. The summed E-state index contributed by atoms with van der Waals surface area (Å²) in [5.74, 6) is -0.690. The summed E-state index contributed by atoms with van der Waals surface area (Å²) in [6.45, 7) is 0.458. The molecule has 0 aliphatic carbocycles. The first kappa shape index (κ1) is 11.9. The van der Waals surface area contributed by atoms with Crippen LogP contribution in [0.2, 0.25) is 5.02 Å². The Kier molecular flexibility index (Phi) is 3.31. The highest BCUT2D eigenvalue weighted by Crippen LogP contribution is 2.38. The van der Waals surface area contributed by atoms with Crippen LogP contribution in [0.15, 0.2) is 6.07 Å². The Hall–Kier alpha value is -1.13. The molecule has 0 unspecified atom stereocenters. The maximum absolute atomic E-state index is 10.8. The number of fused-ring (bicyclic) bond motifs is 1. The number of rotatable bonds is 1. The van der Waals surface area contributed by atoms with Gasteiger partial charge in [0.15, 0.2) is 0 Å². The summed E-state index contributed by atoms with van der Waals surface area (Å²) in [5, 5.41) is 9.15. The molecule has 3 N–H and O–H groups in total. The van der Waals surface area contributed by atoms with E-state index in [9.17, 15) is 4.79 Å². The van der Waals surface area contributed by atoms with Crippen LogP contribution in [-0.4, -0.2) is 17.7 Å². The van der Waals surface area contributed by atoms with Crippen molar-refractivity contribution in [2.24, 2.45) is 0 Å². The van der Waals surface area contributed by atoms with E-state index >= 15 is 0 Å². The Balaban J connectivity index is 0.00000112. The molecule has 15 heavy (non-hydrogen) atoms. The lowest BCUT2D eigenvalue weighted by molar-refractivity contribution is 0.0693. The highest BCUT2D eigenvalue weighted by atomic mass is 35.5. The highest BCUT2D eigenvalue weighted by molar-refractivity contribution is 6.33. The molecule has 0 fully saturated rings. The van der Waals surface area contributed by atoms with Crippen molar-refractivity contribution < 1.29 is 14.6 Å². The van der Waals surface area contributed by atoms with Gasteiger partial charge < -0.3 is 15.6 Å². The first-order chi connectivity index (χ1) is 6.61. The summed E-state index contributed by atoms with van der Waals surface area (Å²) in [6.07, 6.45) is 0.613. The van der Waals surface area contributed by atoms with Crippen LogP contribution in [0.25, 0.3) is 0 Å². The number of hydrogen-bond donors (Lipinski definition) is 2. The molecule has 1 aromatic carbocycles. The average molecular weight is 250 g/mol. The molecule has 0 atom stereocenters. The lowest BCUT2D eigenvalue weighted by atomic mass is 10.1. The van der Waals surface area contributed by atoms with Gasteiger partial charge in [0.25, 0.3) is 0 Å². The monoisotopic (exact) mass is 249 g/mol. The number of benzene rings is 1. The number of carboxylic acid groups (broad SMARTS) is 1. The van der Waals surface area contributed by atoms with Crippen LogP contribution in [-0.2, 0) is 6.42 Å². The maximum Gasteiger partial charge on any atom is 0.339 e. The quantitative estimate of drug-likeness (QED) is 0.747. The fourth-order valence-corrected chi connectivity index (χ4v) is 1.75. The van der Waals surface area contributed by atoms with Gasteiger partial charge in [0, 0.05) is 12.0 Å². The van der Waals surface area contributed by atoms with E-state index in [-0.39, 0.29) is 23.0 Å². The molecular weight excluding hydrogens is 241 g/mol. The molecule has 82 valence electrons. The van der Waals surface area contributed by atoms with Crippen molar-refractivity contribution in [2.45, 2.75) is 6.42 Å². The Morgan fingerprint density at radius 2 is 2.27 bits per heavy atom. The third kappa shape index (κ3) is 1.82. The molecule has 4 nitrogen and oxygen atoms in total. The molecule has 0 bridgehead atoms. The minimum atomic E-state index is -1.05. The average Bonchev–Trinajstić information content (AvgIpc) is 2.59. The van der Waals surface area contributed by atoms with E-state index in [1.807, 2.05) is 0 Å². The number of carboxylic acids is 1.